The lowest BCUT2D eigenvalue weighted by Gasteiger charge is -2.25. The maximum absolute atomic E-state index is 5.69. The van der Waals surface area contributed by atoms with Gasteiger partial charge in [0.05, 0.1) is 0 Å². The van der Waals surface area contributed by atoms with E-state index in [9.17, 15) is 0 Å². The van der Waals surface area contributed by atoms with Gasteiger partial charge in [0.15, 0.2) is 0 Å². The number of hydrogen-bond donors (Lipinski definition) is 2. The minimum Gasteiger partial charge on any atom is -0.330 e. The fraction of sp³-hybridized carbons (Fsp3) is 0.455. The summed E-state index contributed by atoms with van der Waals surface area (Å²) in [6, 6.07) is 10.3. The minimum absolute atomic E-state index is 0.0430. The van der Waals surface area contributed by atoms with Crippen molar-refractivity contribution in [2.75, 3.05) is 13.1 Å². The Morgan fingerprint density at radius 1 is 1.08 bits per heavy atom. The van der Waals surface area contributed by atoms with Gasteiger partial charge in [0.1, 0.15) is 0 Å². The van der Waals surface area contributed by atoms with Gasteiger partial charge in [-0.2, -0.15) is 0 Å². The van der Waals surface area contributed by atoms with E-state index in [-0.39, 0.29) is 5.41 Å². The van der Waals surface area contributed by atoms with Crippen LogP contribution in [0.15, 0.2) is 30.3 Å². The monoisotopic (exact) mass is 178 g/mol. The Hall–Kier alpha value is -0.860. The van der Waals surface area contributed by atoms with Crippen molar-refractivity contribution in [1.29, 1.82) is 0 Å². The molecule has 0 aromatic heterocycles. The lowest BCUT2D eigenvalue weighted by Crippen LogP contribution is -2.37. The van der Waals surface area contributed by atoms with Gasteiger partial charge in [-0.05, 0) is 30.5 Å². The average molecular weight is 178 g/mol. The molecular formula is C11H18N2. The van der Waals surface area contributed by atoms with E-state index in [2.05, 4.69) is 19.1 Å². The summed E-state index contributed by atoms with van der Waals surface area (Å²) in [6.07, 6.45) is 0.959. The van der Waals surface area contributed by atoms with Crippen LogP contribution in [0.5, 0.6) is 0 Å². The molecule has 1 aromatic carbocycles. The summed E-state index contributed by atoms with van der Waals surface area (Å²) in [5.41, 5.74) is 12.7. The molecule has 2 nitrogen and oxygen atoms in total. The SMILES string of the molecule is CC(CN)(CN)Cc1ccccc1. The molecule has 0 radical (unpaired) electrons. The second-order valence-corrected chi connectivity index (χ2v) is 3.88. The van der Waals surface area contributed by atoms with Gasteiger partial charge in [-0.15, -0.1) is 0 Å². The molecule has 2 heteroatoms. The van der Waals surface area contributed by atoms with Crippen LogP contribution in [0.4, 0.5) is 0 Å². The average Bonchev–Trinajstić information content (AvgIpc) is 2.19. The summed E-state index contributed by atoms with van der Waals surface area (Å²) in [4.78, 5) is 0. The molecule has 0 bridgehead atoms. The first kappa shape index (κ1) is 10.2. The second kappa shape index (κ2) is 4.40. The third-order valence-electron chi connectivity index (χ3n) is 2.46. The number of nitrogens with two attached hydrogens (primary N) is 2. The molecule has 1 aromatic rings. The summed E-state index contributed by atoms with van der Waals surface area (Å²) in [5.74, 6) is 0. The zero-order chi connectivity index (χ0) is 9.73. The molecule has 4 N–H and O–H groups in total. The van der Waals surface area contributed by atoms with Gasteiger partial charge in [0, 0.05) is 0 Å². The normalized spacial score (nSPS) is 11.6. The number of hydrogen-bond acceptors (Lipinski definition) is 2. The first-order valence-corrected chi connectivity index (χ1v) is 4.64. The fourth-order valence-electron chi connectivity index (χ4n) is 1.32. The Labute approximate surface area is 79.9 Å². The maximum Gasteiger partial charge on any atom is -0.000790 e. The Balaban J connectivity index is 2.68. The Bertz CT molecular complexity index is 240. The van der Waals surface area contributed by atoms with Crippen LogP contribution in [0.2, 0.25) is 0 Å². The molecule has 72 valence electrons. The molecule has 13 heavy (non-hydrogen) atoms. The van der Waals surface area contributed by atoms with Crippen molar-refractivity contribution in [3.8, 4) is 0 Å². The maximum atomic E-state index is 5.69. The highest BCUT2D eigenvalue weighted by Crippen LogP contribution is 2.19. The zero-order valence-electron chi connectivity index (χ0n) is 8.16. The summed E-state index contributed by atoms with van der Waals surface area (Å²) in [7, 11) is 0. The van der Waals surface area contributed by atoms with Crippen LogP contribution in [0, 0.1) is 5.41 Å². The van der Waals surface area contributed by atoms with Crippen molar-refractivity contribution in [2.45, 2.75) is 13.3 Å². The molecule has 0 aliphatic heterocycles. The number of rotatable bonds is 4. The van der Waals surface area contributed by atoms with E-state index in [1.54, 1.807) is 0 Å². The van der Waals surface area contributed by atoms with Gasteiger partial charge in [0.2, 0.25) is 0 Å². The molecular weight excluding hydrogens is 160 g/mol. The van der Waals surface area contributed by atoms with E-state index in [0.29, 0.717) is 13.1 Å². The van der Waals surface area contributed by atoms with E-state index in [0.717, 1.165) is 6.42 Å². The van der Waals surface area contributed by atoms with Gasteiger partial charge in [-0.1, -0.05) is 37.3 Å². The van der Waals surface area contributed by atoms with Gasteiger partial charge in [0.25, 0.3) is 0 Å². The van der Waals surface area contributed by atoms with E-state index < -0.39 is 0 Å². The first-order valence-electron chi connectivity index (χ1n) is 4.64. The van der Waals surface area contributed by atoms with Crippen molar-refractivity contribution in [3.05, 3.63) is 35.9 Å². The summed E-state index contributed by atoms with van der Waals surface area (Å²) < 4.78 is 0. The van der Waals surface area contributed by atoms with Crippen molar-refractivity contribution in [1.82, 2.24) is 0 Å². The van der Waals surface area contributed by atoms with Crippen LogP contribution in [0.1, 0.15) is 12.5 Å². The van der Waals surface area contributed by atoms with Gasteiger partial charge >= 0.3 is 0 Å². The van der Waals surface area contributed by atoms with Crippen LogP contribution in [-0.2, 0) is 6.42 Å². The molecule has 0 spiro atoms. The highest BCUT2D eigenvalue weighted by Gasteiger charge is 2.20. The van der Waals surface area contributed by atoms with E-state index in [1.165, 1.54) is 5.56 Å². The quantitative estimate of drug-likeness (QED) is 0.726. The fourth-order valence-corrected chi connectivity index (χ4v) is 1.32. The molecule has 0 saturated carbocycles. The van der Waals surface area contributed by atoms with Gasteiger partial charge < -0.3 is 11.5 Å². The zero-order valence-corrected chi connectivity index (χ0v) is 8.16. The molecule has 0 fully saturated rings. The third-order valence-corrected chi connectivity index (χ3v) is 2.46. The minimum atomic E-state index is 0.0430. The third kappa shape index (κ3) is 2.83. The van der Waals surface area contributed by atoms with Crippen LogP contribution >= 0.6 is 0 Å². The molecule has 1 rings (SSSR count). The molecule has 0 atom stereocenters. The lowest BCUT2D eigenvalue weighted by atomic mass is 9.84. The van der Waals surface area contributed by atoms with Crippen LogP contribution in [0.25, 0.3) is 0 Å². The summed E-state index contributed by atoms with van der Waals surface area (Å²) in [5, 5.41) is 0. The highest BCUT2D eigenvalue weighted by atomic mass is 14.7. The van der Waals surface area contributed by atoms with E-state index in [1.807, 2.05) is 18.2 Å². The highest BCUT2D eigenvalue weighted by molar-refractivity contribution is 5.16. The van der Waals surface area contributed by atoms with Crippen LogP contribution in [-0.4, -0.2) is 13.1 Å². The smallest absolute Gasteiger partial charge is 0.000790 e. The van der Waals surface area contributed by atoms with Crippen LogP contribution in [0.3, 0.4) is 0 Å². The van der Waals surface area contributed by atoms with Crippen LogP contribution < -0.4 is 11.5 Å². The molecule has 0 heterocycles. The summed E-state index contributed by atoms with van der Waals surface area (Å²) in [6.45, 7) is 3.40. The molecule has 0 amide bonds. The largest absolute Gasteiger partial charge is 0.330 e. The van der Waals surface area contributed by atoms with Crippen molar-refractivity contribution in [2.24, 2.45) is 16.9 Å². The van der Waals surface area contributed by atoms with E-state index in [4.69, 9.17) is 11.5 Å². The predicted molar refractivity (Wildman–Crippen MR) is 56.4 cm³/mol. The molecule has 0 saturated heterocycles. The number of benzene rings is 1. The van der Waals surface area contributed by atoms with Crippen molar-refractivity contribution >= 4 is 0 Å². The second-order valence-electron chi connectivity index (χ2n) is 3.88. The molecule has 0 aliphatic carbocycles. The first-order chi connectivity index (χ1) is 6.20. The van der Waals surface area contributed by atoms with E-state index >= 15 is 0 Å². The Morgan fingerprint density at radius 2 is 1.62 bits per heavy atom. The molecule has 0 aliphatic rings. The topological polar surface area (TPSA) is 52.0 Å². The van der Waals surface area contributed by atoms with Gasteiger partial charge in [-0.25, -0.2) is 0 Å². The lowest BCUT2D eigenvalue weighted by molar-refractivity contribution is 0.346. The van der Waals surface area contributed by atoms with Gasteiger partial charge in [-0.3, -0.25) is 0 Å². The Morgan fingerprint density at radius 3 is 2.08 bits per heavy atom. The van der Waals surface area contributed by atoms with Crippen molar-refractivity contribution < 1.29 is 0 Å². The Kier molecular flexibility index (Phi) is 3.46. The standard InChI is InChI=1S/C11H18N2/c1-11(8-12,9-13)7-10-5-3-2-4-6-10/h2-6H,7-9,12-13H2,1H3. The predicted octanol–water partition coefficient (Wildman–Crippen LogP) is 1.15. The molecule has 0 unspecified atom stereocenters. The van der Waals surface area contributed by atoms with Crippen molar-refractivity contribution in [3.63, 3.8) is 0 Å². The summed E-state index contributed by atoms with van der Waals surface area (Å²) >= 11 is 0.